The maximum Gasteiger partial charge on any atom is 0.245 e. The lowest BCUT2D eigenvalue weighted by atomic mass is 10.1. The summed E-state index contributed by atoms with van der Waals surface area (Å²) >= 11 is 3.58. The van der Waals surface area contributed by atoms with Crippen molar-refractivity contribution < 1.29 is 18.0 Å². The van der Waals surface area contributed by atoms with Crippen LogP contribution in [0.25, 0.3) is 10.1 Å². The van der Waals surface area contributed by atoms with Gasteiger partial charge >= 0.3 is 0 Å². The third-order valence-corrected chi connectivity index (χ3v) is 6.49. The van der Waals surface area contributed by atoms with E-state index in [-0.39, 0.29) is 36.5 Å². The Morgan fingerprint density at radius 1 is 1.16 bits per heavy atom. The van der Waals surface area contributed by atoms with Crippen molar-refractivity contribution in [1.82, 2.24) is 10.2 Å². The van der Waals surface area contributed by atoms with Crippen molar-refractivity contribution in [2.75, 3.05) is 4.90 Å². The van der Waals surface area contributed by atoms with Gasteiger partial charge in [-0.3, -0.25) is 4.79 Å². The fourth-order valence-corrected chi connectivity index (χ4v) is 4.29. The molecule has 1 amide bonds. The predicted molar refractivity (Wildman–Crippen MR) is 115 cm³/mol. The van der Waals surface area contributed by atoms with Gasteiger partial charge in [-0.25, -0.2) is 8.78 Å². The zero-order chi connectivity index (χ0) is 21.7. The van der Waals surface area contributed by atoms with Crippen LogP contribution in [-0.4, -0.2) is 16.1 Å². The molecule has 31 heavy (non-hydrogen) atoms. The first kappa shape index (κ1) is 20.1. The van der Waals surface area contributed by atoms with Crippen molar-refractivity contribution in [3.05, 3.63) is 76.5 Å². The molecule has 8 heteroatoms. The van der Waals surface area contributed by atoms with Crippen LogP contribution in [0.2, 0.25) is 0 Å². The largest absolute Gasteiger partial charge is 0.421 e. The summed E-state index contributed by atoms with van der Waals surface area (Å²) in [6.07, 6.45) is 2.02. The van der Waals surface area contributed by atoms with E-state index in [9.17, 15) is 13.6 Å². The third-order valence-electron chi connectivity index (χ3n) is 5.58. The van der Waals surface area contributed by atoms with Crippen molar-refractivity contribution in [3.8, 4) is 0 Å². The molecule has 0 unspecified atom stereocenters. The van der Waals surface area contributed by atoms with Gasteiger partial charge in [0.15, 0.2) is 0 Å². The Hall–Kier alpha value is -2.87. The highest BCUT2D eigenvalue weighted by Gasteiger charge is 2.33. The molecule has 1 aliphatic heterocycles. The minimum Gasteiger partial charge on any atom is -0.421 e. The smallest absolute Gasteiger partial charge is 0.245 e. The fourth-order valence-electron chi connectivity index (χ4n) is 3.65. The summed E-state index contributed by atoms with van der Waals surface area (Å²) in [6, 6.07) is 9.08. The summed E-state index contributed by atoms with van der Waals surface area (Å²) in [7, 11) is 0. The molecule has 0 N–H and O–H groups in total. The van der Waals surface area contributed by atoms with Crippen LogP contribution in [0.4, 0.5) is 14.5 Å². The van der Waals surface area contributed by atoms with Gasteiger partial charge in [0.1, 0.15) is 11.6 Å². The summed E-state index contributed by atoms with van der Waals surface area (Å²) in [5.41, 5.74) is 2.71. The monoisotopic (exact) mass is 485 g/mol. The highest BCUT2D eigenvalue weighted by atomic mass is 79.9. The Morgan fingerprint density at radius 2 is 1.97 bits per heavy atom. The molecule has 5 nitrogen and oxygen atoms in total. The van der Waals surface area contributed by atoms with E-state index in [1.165, 1.54) is 23.1 Å². The molecule has 0 radical (unpaired) electrons. The van der Waals surface area contributed by atoms with Gasteiger partial charge in [0.25, 0.3) is 0 Å². The van der Waals surface area contributed by atoms with Crippen molar-refractivity contribution in [2.24, 2.45) is 0 Å². The van der Waals surface area contributed by atoms with E-state index < -0.39 is 5.82 Å². The van der Waals surface area contributed by atoms with Crippen LogP contribution in [-0.2, 0) is 11.3 Å². The summed E-state index contributed by atoms with van der Waals surface area (Å²) in [5.74, 6) is 0.0493. The van der Waals surface area contributed by atoms with Crippen LogP contribution in [0.1, 0.15) is 53.7 Å². The number of halogens is 3. The number of amides is 1. The van der Waals surface area contributed by atoms with E-state index in [0.29, 0.717) is 38.3 Å². The quantitative estimate of drug-likeness (QED) is 0.473. The van der Waals surface area contributed by atoms with Gasteiger partial charge in [0, 0.05) is 21.5 Å². The van der Waals surface area contributed by atoms with E-state index in [4.69, 9.17) is 4.42 Å². The fraction of sp³-hybridized carbons (Fsp3) is 0.261. The number of hydrogen-bond donors (Lipinski definition) is 0. The van der Waals surface area contributed by atoms with E-state index >= 15 is 0 Å². The maximum atomic E-state index is 14.2. The van der Waals surface area contributed by atoms with Crippen molar-refractivity contribution in [3.63, 3.8) is 0 Å². The Bertz CT molecular complexity index is 1230. The molecule has 2 aliphatic rings. The van der Waals surface area contributed by atoms with Crippen molar-refractivity contribution in [1.29, 1.82) is 0 Å². The molecule has 1 fully saturated rings. The first-order valence-corrected chi connectivity index (χ1v) is 10.8. The number of nitrogens with zero attached hydrogens (tertiary/aromatic N) is 3. The van der Waals surface area contributed by atoms with E-state index in [0.717, 1.165) is 12.8 Å². The lowest BCUT2D eigenvalue weighted by Crippen LogP contribution is -2.30. The van der Waals surface area contributed by atoms with E-state index in [1.54, 1.807) is 25.1 Å². The van der Waals surface area contributed by atoms with Crippen LogP contribution in [0.3, 0.4) is 0 Å². The summed E-state index contributed by atoms with van der Waals surface area (Å²) < 4.78 is 34.7. The number of fused-ring (bicyclic) bond motifs is 1. The van der Waals surface area contributed by atoms with Gasteiger partial charge in [0.05, 0.1) is 18.7 Å². The summed E-state index contributed by atoms with van der Waals surface area (Å²) in [4.78, 5) is 14.8. The minimum atomic E-state index is -0.468. The average molecular weight is 486 g/mol. The minimum absolute atomic E-state index is 0.0163. The van der Waals surface area contributed by atoms with Gasteiger partial charge in [0.2, 0.25) is 17.7 Å². The molecule has 5 rings (SSSR count). The number of hydrogen-bond acceptors (Lipinski definition) is 4. The standard InChI is InChI=1S/C23H18BrF2N3O2/c1-12-2-3-13(8-18(12)26)11-29-19-9-15(25)6-7-16(19)21(24)17(10-20(29)30)23-28-27-22(31-23)14-4-5-14/h2-3,6-9,14H,4-5,10-11H2,1H3. The number of aryl methyl sites for hydroxylation is 1. The molecule has 3 aromatic rings. The molecular formula is C23H18BrF2N3O2. The van der Waals surface area contributed by atoms with Gasteiger partial charge in [-0.2, -0.15) is 0 Å². The Balaban J connectivity index is 1.57. The molecule has 1 saturated carbocycles. The van der Waals surface area contributed by atoms with Gasteiger partial charge < -0.3 is 9.32 Å². The maximum absolute atomic E-state index is 14.2. The van der Waals surface area contributed by atoms with Crippen molar-refractivity contribution in [2.45, 2.75) is 38.6 Å². The average Bonchev–Trinajstić information content (AvgIpc) is 3.50. The molecule has 1 aromatic heterocycles. The van der Waals surface area contributed by atoms with Crippen LogP contribution in [0, 0.1) is 18.6 Å². The topological polar surface area (TPSA) is 59.2 Å². The Kier molecular flexibility index (Phi) is 4.97. The van der Waals surface area contributed by atoms with E-state index in [2.05, 4.69) is 26.1 Å². The second-order valence-electron chi connectivity index (χ2n) is 7.91. The number of carbonyl (C=O) groups is 1. The molecule has 2 aromatic carbocycles. The summed E-state index contributed by atoms with van der Waals surface area (Å²) in [5, 5.41) is 8.27. The molecule has 1 aliphatic carbocycles. The number of aromatic nitrogens is 2. The van der Waals surface area contributed by atoms with Crippen LogP contribution in [0.5, 0.6) is 0 Å². The predicted octanol–water partition coefficient (Wildman–Crippen LogP) is 5.73. The van der Waals surface area contributed by atoms with Crippen LogP contribution in [0.15, 0.2) is 40.8 Å². The number of benzene rings is 2. The normalized spacial score (nSPS) is 16.5. The number of carbonyl (C=O) groups excluding carboxylic acids is 1. The zero-order valence-electron chi connectivity index (χ0n) is 16.7. The zero-order valence-corrected chi connectivity index (χ0v) is 18.2. The Morgan fingerprint density at radius 3 is 2.71 bits per heavy atom. The second kappa shape index (κ2) is 7.67. The third kappa shape index (κ3) is 3.80. The SMILES string of the molecule is Cc1ccc(CN2C(=O)CC(c3nnc(C4CC4)o3)=C(Br)c3ccc(F)cc32)cc1F. The van der Waals surface area contributed by atoms with Crippen molar-refractivity contribution >= 4 is 37.6 Å². The van der Waals surface area contributed by atoms with Gasteiger partial charge in [-0.15, -0.1) is 10.2 Å². The summed E-state index contributed by atoms with van der Waals surface area (Å²) in [6.45, 7) is 1.78. The first-order chi connectivity index (χ1) is 14.9. The Labute approximate surface area is 185 Å². The van der Waals surface area contributed by atoms with Gasteiger partial charge in [-0.1, -0.05) is 12.1 Å². The molecule has 0 saturated heterocycles. The molecular weight excluding hydrogens is 468 g/mol. The molecule has 0 spiro atoms. The lowest BCUT2D eigenvalue weighted by Gasteiger charge is -2.23. The molecule has 2 heterocycles. The number of anilines is 1. The first-order valence-electron chi connectivity index (χ1n) is 9.98. The molecule has 0 bridgehead atoms. The highest BCUT2D eigenvalue weighted by Crippen LogP contribution is 2.44. The second-order valence-corrected chi connectivity index (χ2v) is 8.71. The van der Waals surface area contributed by atoms with Crippen LogP contribution < -0.4 is 4.90 Å². The van der Waals surface area contributed by atoms with Gasteiger partial charge in [-0.05, 0) is 71.1 Å². The van der Waals surface area contributed by atoms with Crippen LogP contribution >= 0.6 is 15.9 Å². The van der Waals surface area contributed by atoms with E-state index in [1.807, 2.05) is 0 Å². The highest BCUT2D eigenvalue weighted by molar-refractivity contribution is 9.15. The lowest BCUT2D eigenvalue weighted by molar-refractivity contribution is -0.117. The molecule has 158 valence electrons. The molecule has 0 atom stereocenters. The number of rotatable bonds is 4.